The Hall–Kier alpha value is -0.900. The Balaban J connectivity index is 1.31. The Bertz CT molecular complexity index is 470. The van der Waals surface area contributed by atoms with E-state index >= 15 is 0 Å². The van der Waals surface area contributed by atoms with E-state index in [0.717, 1.165) is 25.2 Å². The lowest BCUT2D eigenvalue weighted by atomic mass is 9.79. The van der Waals surface area contributed by atoms with Gasteiger partial charge in [-0.25, -0.2) is 0 Å². The summed E-state index contributed by atoms with van der Waals surface area (Å²) in [6, 6.07) is 11.3. The zero-order valence-electron chi connectivity index (χ0n) is 13.3. The molecule has 1 aromatic rings. The van der Waals surface area contributed by atoms with Crippen LogP contribution in [0.2, 0.25) is 0 Å². The number of fused-ring (bicyclic) bond motifs is 3. The molecule has 0 radical (unpaired) electrons. The molecule has 4 saturated heterocycles. The molecule has 0 aliphatic carbocycles. The molecule has 4 heterocycles. The van der Waals surface area contributed by atoms with Crippen LogP contribution in [-0.4, -0.2) is 43.3 Å². The number of ether oxygens (including phenoxy) is 2. The van der Waals surface area contributed by atoms with E-state index in [-0.39, 0.29) is 6.10 Å². The van der Waals surface area contributed by atoms with Crippen LogP contribution in [0.15, 0.2) is 30.3 Å². The van der Waals surface area contributed by atoms with Gasteiger partial charge in [0.1, 0.15) is 0 Å². The molecule has 3 nitrogen and oxygen atoms in total. The molecular formula is C19H27NO2. The van der Waals surface area contributed by atoms with E-state index in [1.807, 2.05) is 0 Å². The fraction of sp³-hybridized carbons (Fsp3) is 0.684. The van der Waals surface area contributed by atoms with Crippen molar-refractivity contribution < 1.29 is 9.47 Å². The van der Waals surface area contributed by atoms with Crippen molar-refractivity contribution in [3.05, 3.63) is 35.9 Å². The largest absolute Gasteiger partial charge is 0.378 e. The Kier molecular flexibility index (Phi) is 4.47. The highest BCUT2D eigenvalue weighted by Gasteiger charge is 2.38. The summed E-state index contributed by atoms with van der Waals surface area (Å²) in [5.41, 5.74) is 1.26. The number of hydrogen-bond acceptors (Lipinski definition) is 3. The molecule has 1 aromatic carbocycles. The summed E-state index contributed by atoms with van der Waals surface area (Å²) >= 11 is 0. The fourth-order valence-electron chi connectivity index (χ4n) is 4.44. The van der Waals surface area contributed by atoms with Crippen LogP contribution >= 0.6 is 0 Å². The maximum Gasteiger partial charge on any atom is 0.0863 e. The second-order valence-corrected chi connectivity index (χ2v) is 7.24. The highest BCUT2D eigenvalue weighted by molar-refractivity contribution is 5.13. The first-order valence-corrected chi connectivity index (χ1v) is 8.86. The standard InChI is InChI=1S/C19H27NO2/c1-2-4-16(5-3-1)12-22-19-14-21-13-17(19)11-18-10-15-6-8-20(18)9-7-15/h1-5,15,17-19H,6-14H2. The van der Waals surface area contributed by atoms with Crippen LogP contribution in [0.1, 0.15) is 31.2 Å². The maximum absolute atomic E-state index is 6.18. The van der Waals surface area contributed by atoms with E-state index in [1.165, 1.54) is 44.3 Å². The van der Waals surface area contributed by atoms with E-state index in [9.17, 15) is 0 Å². The molecule has 0 amide bonds. The van der Waals surface area contributed by atoms with Gasteiger partial charge in [0, 0.05) is 12.0 Å². The summed E-state index contributed by atoms with van der Waals surface area (Å²) in [5.74, 6) is 1.56. The smallest absolute Gasteiger partial charge is 0.0863 e. The molecule has 4 aliphatic rings. The van der Waals surface area contributed by atoms with Gasteiger partial charge in [0.2, 0.25) is 0 Å². The van der Waals surface area contributed by atoms with Crippen molar-refractivity contribution in [2.24, 2.45) is 11.8 Å². The first-order chi connectivity index (χ1) is 10.9. The zero-order valence-corrected chi connectivity index (χ0v) is 13.3. The number of rotatable bonds is 5. The molecule has 22 heavy (non-hydrogen) atoms. The molecule has 120 valence electrons. The topological polar surface area (TPSA) is 21.7 Å². The fourth-order valence-corrected chi connectivity index (χ4v) is 4.44. The van der Waals surface area contributed by atoms with Crippen molar-refractivity contribution >= 4 is 0 Å². The Morgan fingerprint density at radius 2 is 1.91 bits per heavy atom. The van der Waals surface area contributed by atoms with Crippen LogP contribution in [0.25, 0.3) is 0 Å². The molecule has 0 N–H and O–H groups in total. The van der Waals surface area contributed by atoms with Crippen molar-refractivity contribution in [2.75, 3.05) is 26.3 Å². The summed E-state index contributed by atoms with van der Waals surface area (Å²) in [4.78, 5) is 2.71. The van der Waals surface area contributed by atoms with Gasteiger partial charge in [-0.3, -0.25) is 0 Å². The second-order valence-electron chi connectivity index (χ2n) is 7.24. The lowest BCUT2D eigenvalue weighted by molar-refractivity contribution is -0.00774. The Morgan fingerprint density at radius 3 is 2.64 bits per heavy atom. The van der Waals surface area contributed by atoms with E-state index < -0.39 is 0 Å². The average molecular weight is 301 g/mol. The number of hydrogen-bond donors (Lipinski definition) is 0. The summed E-state index contributed by atoms with van der Waals surface area (Å²) < 4.78 is 11.9. The van der Waals surface area contributed by atoms with Crippen molar-refractivity contribution in [1.82, 2.24) is 4.90 Å². The van der Waals surface area contributed by atoms with Gasteiger partial charge in [-0.05, 0) is 50.3 Å². The highest BCUT2D eigenvalue weighted by Crippen LogP contribution is 2.36. The quantitative estimate of drug-likeness (QED) is 0.834. The monoisotopic (exact) mass is 301 g/mol. The Labute approximate surface area is 133 Å². The second kappa shape index (κ2) is 6.69. The molecule has 2 bridgehead atoms. The molecule has 3 atom stereocenters. The van der Waals surface area contributed by atoms with Crippen LogP contribution in [0.3, 0.4) is 0 Å². The normalized spacial score (nSPS) is 37.5. The summed E-state index contributed by atoms with van der Waals surface area (Å²) in [6.45, 7) is 5.00. The van der Waals surface area contributed by atoms with Crippen molar-refractivity contribution in [1.29, 1.82) is 0 Å². The molecule has 0 aromatic heterocycles. The van der Waals surface area contributed by atoms with Crippen LogP contribution in [0, 0.1) is 11.8 Å². The van der Waals surface area contributed by atoms with Gasteiger partial charge in [-0.15, -0.1) is 0 Å². The predicted octanol–water partition coefficient (Wildman–Crippen LogP) is 3.09. The van der Waals surface area contributed by atoms with Crippen LogP contribution in [0.5, 0.6) is 0 Å². The lowest BCUT2D eigenvalue weighted by Crippen LogP contribution is -2.49. The maximum atomic E-state index is 6.18. The van der Waals surface area contributed by atoms with E-state index in [1.54, 1.807) is 0 Å². The molecule has 3 heteroatoms. The summed E-state index contributed by atoms with van der Waals surface area (Å²) in [6.07, 6.45) is 5.79. The average Bonchev–Trinajstić information content (AvgIpc) is 3.02. The van der Waals surface area contributed by atoms with Gasteiger partial charge in [-0.1, -0.05) is 30.3 Å². The third-order valence-electron chi connectivity index (χ3n) is 5.79. The first kappa shape index (κ1) is 14.7. The van der Waals surface area contributed by atoms with Crippen LogP contribution in [-0.2, 0) is 16.1 Å². The van der Waals surface area contributed by atoms with Gasteiger partial charge >= 0.3 is 0 Å². The van der Waals surface area contributed by atoms with E-state index in [0.29, 0.717) is 12.5 Å². The zero-order chi connectivity index (χ0) is 14.8. The molecular weight excluding hydrogens is 274 g/mol. The minimum Gasteiger partial charge on any atom is -0.378 e. The third-order valence-corrected chi connectivity index (χ3v) is 5.79. The SMILES string of the molecule is c1ccc(COC2COCC2CC2CC3CCN2CC3)cc1. The molecule has 5 rings (SSSR count). The van der Waals surface area contributed by atoms with Crippen molar-refractivity contribution in [3.63, 3.8) is 0 Å². The van der Waals surface area contributed by atoms with E-state index in [2.05, 4.69) is 35.2 Å². The van der Waals surface area contributed by atoms with Crippen molar-refractivity contribution in [3.8, 4) is 0 Å². The number of benzene rings is 1. The molecule has 3 unspecified atom stereocenters. The summed E-state index contributed by atoms with van der Waals surface area (Å²) in [7, 11) is 0. The minimum absolute atomic E-state index is 0.279. The van der Waals surface area contributed by atoms with Gasteiger partial charge in [0.05, 0.1) is 25.9 Å². The lowest BCUT2D eigenvalue weighted by Gasteiger charge is -2.46. The third kappa shape index (κ3) is 3.22. The van der Waals surface area contributed by atoms with Crippen LogP contribution < -0.4 is 0 Å². The Morgan fingerprint density at radius 1 is 1.09 bits per heavy atom. The molecule has 4 aliphatic heterocycles. The van der Waals surface area contributed by atoms with Gasteiger partial charge in [0.25, 0.3) is 0 Å². The molecule has 0 spiro atoms. The predicted molar refractivity (Wildman–Crippen MR) is 86.6 cm³/mol. The number of piperidine rings is 3. The van der Waals surface area contributed by atoms with Gasteiger partial charge in [-0.2, -0.15) is 0 Å². The summed E-state index contributed by atoms with van der Waals surface area (Å²) in [5, 5.41) is 0. The van der Waals surface area contributed by atoms with Crippen LogP contribution in [0.4, 0.5) is 0 Å². The first-order valence-electron chi connectivity index (χ1n) is 8.86. The molecule has 4 fully saturated rings. The number of nitrogens with zero attached hydrogens (tertiary/aromatic N) is 1. The van der Waals surface area contributed by atoms with Gasteiger partial charge in [0.15, 0.2) is 0 Å². The minimum atomic E-state index is 0.279. The van der Waals surface area contributed by atoms with E-state index in [4.69, 9.17) is 9.47 Å². The van der Waals surface area contributed by atoms with Crippen molar-refractivity contribution in [2.45, 2.75) is 44.4 Å². The highest BCUT2D eigenvalue weighted by atomic mass is 16.5. The van der Waals surface area contributed by atoms with Gasteiger partial charge < -0.3 is 14.4 Å². The molecule has 0 saturated carbocycles.